The maximum Gasteiger partial charge on any atom is 0.306 e. The Balaban J connectivity index is 2.08. The van der Waals surface area contributed by atoms with Crippen LogP contribution in [0.15, 0.2) is 0 Å². The third-order valence-corrected chi connectivity index (χ3v) is 4.29. The summed E-state index contributed by atoms with van der Waals surface area (Å²) in [5, 5.41) is 9.22. The summed E-state index contributed by atoms with van der Waals surface area (Å²) in [4.78, 5) is 25.5. The van der Waals surface area contributed by atoms with E-state index in [4.69, 9.17) is 4.74 Å². The minimum absolute atomic E-state index is 0.0215. The molecule has 3 atom stereocenters. The summed E-state index contributed by atoms with van der Waals surface area (Å²) >= 11 is 0. The quantitative estimate of drug-likeness (QED) is 0.855. The van der Waals surface area contributed by atoms with Gasteiger partial charge in [-0.15, -0.1) is 0 Å². The van der Waals surface area contributed by atoms with E-state index in [-0.39, 0.29) is 24.0 Å². The van der Waals surface area contributed by atoms with E-state index in [1.165, 1.54) is 0 Å². The summed E-state index contributed by atoms with van der Waals surface area (Å²) in [7, 11) is 0. The van der Waals surface area contributed by atoms with Crippen LogP contribution in [0.4, 0.5) is 0 Å². The van der Waals surface area contributed by atoms with Crippen molar-refractivity contribution in [3.05, 3.63) is 0 Å². The van der Waals surface area contributed by atoms with Gasteiger partial charge in [-0.1, -0.05) is 13.8 Å². The van der Waals surface area contributed by atoms with Gasteiger partial charge < -0.3 is 14.7 Å². The molecule has 0 aliphatic carbocycles. The minimum Gasteiger partial charge on any atom is -0.481 e. The van der Waals surface area contributed by atoms with Gasteiger partial charge >= 0.3 is 5.97 Å². The first kappa shape index (κ1) is 15.3. The Morgan fingerprint density at radius 3 is 2.65 bits per heavy atom. The Hall–Kier alpha value is -1.10. The van der Waals surface area contributed by atoms with Crippen molar-refractivity contribution in [3.63, 3.8) is 0 Å². The molecule has 20 heavy (non-hydrogen) atoms. The van der Waals surface area contributed by atoms with E-state index in [2.05, 4.69) is 0 Å². The molecule has 0 aromatic heterocycles. The number of carbonyl (C=O) groups is 2. The monoisotopic (exact) mass is 283 g/mol. The van der Waals surface area contributed by atoms with E-state index in [0.29, 0.717) is 31.7 Å². The molecule has 0 saturated carbocycles. The zero-order valence-electron chi connectivity index (χ0n) is 12.4. The summed E-state index contributed by atoms with van der Waals surface area (Å²) < 4.78 is 5.72. The van der Waals surface area contributed by atoms with Crippen molar-refractivity contribution in [2.24, 2.45) is 11.8 Å². The van der Waals surface area contributed by atoms with Crippen LogP contribution in [0.1, 0.15) is 46.0 Å². The molecule has 2 heterocycles. The molecule has 2 fully saturated rings. The van der Waals surface area contributed by atoms with Crippen LogP contribution >= 0.6 is 0 Å². The Bertz CT molecular complexity index is 363. The first-order valence-corrected chi connectivity index (χ1v) is 7.63. The average molecular weight is 283 g/mol. The maximum atomic E-state index is 12.4. The fraction of sp³-hybridized carbons (Fsp3) is 0.867. The lowest BCUT2D eigenvalue weighted by Gasteiger charge is -2.41. The highest BCUT2D eigenvalue weighted by molar-refractivity contribution is 5.77. The molecule has 0 spiro atoms. The molecule has 2 aliphatic heterocycles. The SMILES string of the molecule is CC(C)CC(=O)N1CCC(C(=O)O)CC1C1CCCO1. The molecule has 0 bridgehead atoms. The summed E-state index contributed by atoms with van der Waals surface area (Å²) in [6.45, 7) is 5.34. The summed E-state index contributed by atoms with van der Waals surface area (Å²) in [5.41, 5.74) is 0. The second-order valence-electron chi connectivity index (χ2n) is 6.36. The molecule has 114 valence electrons. The normalized spacial score (nSPS) is 30.8. The largest absolute Gasteiger partial charge is 0.481 e. The van der Waals surface area contributed by atoms with Gasteiger partial charge in [-0.2, -0.15) is 0 Å². The zero-order chi connectivity index (χ0) is 14.7. The molecular formula is C15H25NO4. The summed E-state index contributed by atoms with van der Waals surface area (Å²) in [6.07, 6.45) is 3.58. The van der Waals surface area contributed by atoms with E-state index in [1.807, 2.05) is 18.7 Å². The van der Waals surface area contributed by atoms with Crippen LogP contribution in [0.3, 0.4) is 0 Å². The second-order valence-corrected chi connectivity index (χ2v) is 6.36. The van der Waals surface area contributed by atoms with Crippen LogP contribution in [-0.2, 0) is 14.3 Å². The van der Waals surface area contributed by atoms with Gasteiger partial charge in [0.1, 0.15) is 0 Å². The highest BCUT2D eigenvalue weighted by Gasteiger charge is 2.40. The molecular weight excluding hydrogens is 258 g/mol. The number of carbonyl (C=O) groups excluding carboxylic acids is 1. The van der Waals surface area contributed by atoms with Crippen molar-refractivity contribution in [3.8, 4) is 0 Å². The predicted octanol–water partition coefficient (Wildman–Crippen LogP) is 1.90. The van der Waals surface area contributed by atoms with E-state index in [9.17, 15) is 14.7 Å². The van der Waals surface area contributed by atoms with E-state index in [1.54, 1.807) is 0 Å². The first-order valence-electron chi connectivity index (χ1n) is 7.63. The maximum absolute atomic E-state index is 12.4. The number of piperidine rings is 1. The Morgan fingerprint density at radius 1 is 1.35 bits per heavy atom. The third-order valence-electron chi connectivity index (χ3n) is 4.29. The summed E-state index contributed by atoms with van der Waals surface area (Å²) in [5.74, 6) is -0.620. The number of aliphatic carboxylic acids is 1. The van der Waals surface area contributed by atoms with Crippen LogP contribution < -0.4 is 0 Å². The van der Waals surface area contributed by atoms with Crippen molar-refractivity contribution in [2.75, 3.05) is 13.2 Å². The Labute approximate surface area is 120 Å². The minimum atomic E-state index is -0.746. The lowest BCUT2D eigenvalue weighted by atomic mass is 9.86. The Morgan fingerprint density at radius 2 is 2.10 bits per heavy atom. The van der Waals surface area contributed by atoms with Gasteiger partial charge in [-0.3, -0.25) is 9.59 Å². The number of hydrogen-bond acceptors (Lipinski definition) is 3. The standard InChI is InChI=1S/C15H25NO4/c1-10(2)8-14(17)16-6-5-11(15(18)19)9-12(16)13-4-3-7-20-13/h10-13H,3-9H2,1-2H3,(H,18,19). The molecule has 2 rings (SSSR count). The first-order chi connectivity index (χ1) is 9.49. The highest BCUT2D eigenvalue weighted by Crippen LogP contribution is 2.31. The predicted molar refractivity (Wildman–Crippen MR) is 74.3 cm³/mol. The van der Waals surface area contributed by atoms with E-state index < -0.39 is 5.97 Å². The molecule has 0 radical (unpaired) electrons. The fourth-order valence-electron chi connectivity index (χ4n) is 3.26. The van der Waals surface area contributed by atoms with Crippen molar-refractivity contribution in [2.45, 2.75) is 58.1 Å². The van der Waals surface area contributed by atoms with Gasteiger partial charge in [-0.25, -0.2) is 0 Å². The smallest absolute Gasteiger partial charge is 0.306 e. The van der Waals surface area contributed by atoms with Crippen LogP contribution in [0.2, 0.25) is 0 Å². The number of carboxylic acid groups (broad SMARTS) is 1. The van der Waals surface area contributed by atoms with Gasteiger partial charge in [0.2, 0.25) is 5.91 Å². The van der Waals surface area contributed by atoms with Crippen molar-refractivity contribution < 1.29 is 19.4 Å². The van der Waals surface area contributed by atoms with Crippen molar-refractivity contribution in [1.82, 2.24) is 4.90 Å². The van der Waals surface area contributed by atoms with Gasteiger partial charge in [0.15, 0.2) is 0 Å². The molecule has 3 unspecified atom stereocenters. The third kappa shape index (κ3) is 3.51. The molecule has 2 aliphatic rings. The second kappa shape index (κ2) is 6.57. The number of likely N-dealkylation sites (tertiary alicyclic amines) is 1. The number of hydrogen-bond donors (Lipinski definition) is 1. The van der Waals surface area contributed by atoms with E-state index in [0.717, 1.165) is 19.4 Å². The number of nitrogens with zero attached hydrogens (tertiary/aromatic N) is 1. The fourth-order valence-corrected chi connectivity index (χ4v) is 3.26. The van der Waals surface area contributed by atoms with Crippen molar-refractivity contribution in [1.29, 1.82) is 0 Å². The van der Waals surface area contributed by atoms with Crippen LogP contribution in [0.5, 0.6) is 0 Å². The molecule has 5 heteroatoms. The highest BCUT2D eigenvalue weighted by atomic mass is 16.5. The van der Waals surface area contributed by atoms with Crippen LogP contribution in [0, 0.1) is 11.8 Å². The molecule has 0 aromatic rings. The van der Waals surface area contributed by atoms with Gasteiger partial charge in [0.05, 0.1) is 18.1 Å². The number of rotatable bonds is 4. The van der Waals surface area contributed by atoms with Gasteiger partial charge in [0.25, 0.3) is 0 Å². The van der Waals surface area contributed by atoms with Crippen LogP contribution in [0.25, 0.3) is 0 Å². The topological polar surface area (TPSA) is 66.8 Å². The van der Waals surface area contributed by atoms with Crippen molar-refractivity contribution >= 4 is 11.9 Å². The molecule has 2 saturated heterocycles. The average Bonchev–Trinajstić information content (AvgIpc) is 2.90. The number of carboxylic acids is 1. The van der Waals surface area contributed by atoms with E-state index >= 15 is 0 Å². The zero-order valence-corrected chi connectivity index (χ0v) is 12.4. The molecule has 1 N–H and O–H groups in total. The lowest BCUT2D eigenvalue weighted by Crippen LogP contribution is -2.52. The number of amides is 1. The van der Waals surface area contributed by atoms with Gasteiger partial charge in [-0.05, 0) is 31.6 Å². The number of ether oxygens (including phenoxy) is 1. The molecule has 1 amide bonds. The Kier molecular flexibility index (Phi) is 5.02. The molecule has 5 nitrogen and oxygen atoms in total. The van der Waals surface area contributed by atoms with Gasteiger partial charge in [0, 0.05) is 19.6 Å². The molecule has 0 aromatic carbocycles. The lowest BCUT2D eigenvalue weighted by molar-refractivity contribution is -0.150. The summed E-state index contributed by atoms with van der Waals surface area (Å²) in [6, 6.07) is -0.0569. The van der Waals surface area contributed by atoms with Crippen LogP contribution in [-0.4, -0.2) is 47.2 Å².